The van der Waals surface area contributed by atoms with Gasteiger partial charge in [0.05, 0.1) is 17.8 Å². The molecule has 0 aliphatic heterocycles. The van der Waals surface area contributed by atoms with Crippen molar-refractivity contribution in [2.45, 2.75) is 44.8 Å². The van der Waals surface area contributed by atoms with Gasteiger partial charge in [0.2, 0.25) is 5.95 Å². The second-order valence-corrected chi connectivity index (χ2v) is 6.51. The molecule has 124 valence electrons. The van der Waals surface area contributed by atoms with Gasteiger partial charge in [-0.15, -0.1) is 0 Å². The molecule has 0 radical (unpaired) electrons. The molecule has 1 saturated carbocycles. The first-order valence-electron chi connectivity index (χ1n) is 8.41. The highest BCUT2D eigenvalue weighted by atomic mass is 16.3. The predicted octanol–water partition coefficient (Wildman–Crippen LogP) is 2.84. The molecule has 0 atom stereocenters. The maximum absolute atomic E-state index is 9.61. The minimum atomic E-state index is -0.158. The summed E-state index contributed by atoms with van der Waals surface area (Å²) in [4.78, 5) is 8.96. The lowest BCUT2D eigenvalue weighted by atomic mass is 9.93. The lowest BCUT2D eigenvalue weighted by molar-refractivity contribution is 0.126. The topological polar surface area (TPSA) is 75.9 Å². The Hall–Kier alpha value is -2.47. The molecule has 2 heterocycles. The van der Waals surface area contributed by atoms with E-state index in [9.17, 15) is 5.11 Å². The van der Waals surface area contributed by atoms with E-state index >= 15 is 0 Å². The summed E-state index contributed by atoms with van der Waals surface area (Å²) in [6.07, 6.45) is 7.00. The van der Waals surface area contributed by atoms with E-state index in [0.29, 0.717) is 12.0 Å². The molecular formula is C18H21N5O. The number of nitrogens with one attached hydrogen (secondary N) is 1. The third-order valence-corrected chi connectivity index (χ3v) is 4.61. The summed E-state index contributed by atoms with van der Waals surface area (Å²) in [5.41, 5.74) is 2.23. The standard InChI is InChI=1S/C18H21N5O/c1-12-2-3-13-11-20-23(16(13)10-12)17-8-9-19-18(22-17)21-14-4-6-15(24)7-5-14/h2-3,8-11,14-15,24H,4-7H2,1H3,(H,19,21,22)/t14-,15-. The van der Waals surface area contributed by atoms with Crippen LogP contribution in [0.25, 0.3) is 16.7 Å². The zero-order chi connectivity index (χ0) is 16.5. The van der Waals surface area contributed by atoms with Crippen LogP contribution in [0.3, 0.4) is 0 Å². The molecule has 2 N–H and O–H groups in total. The fraction of sp³-hybridized carbons (Fsp3) is 0.389. The van der Waals surface area contributed by atoms with Crippen molar-refractivity contribution < 1.29 is 5.11 Å². The van der Waals surface area contributed by atoms with E-state index in [0.717, 1.165) is 42.4 Å². The van der Waals surface area contributed by atoms with E-state index in [1.54, 1.807) is 6.20 Å². The van der Waals surface area contributed by atoms with Gasteiger partial charge in [-0.2, -0.15) is 10.1 Å². The van der Waals surface area contributed by atoms with E-state index in [-0.39, 0.29) is 6.10 Å². The first-order chi connectivity index (χ1) is 11.7. The molecule has 6 nitrogen and oxygen atoms in total. The Kier molecular flexibility index (Phi) is 3.90. The van der Waals surface area contributed by atoms with Gasteiger partial charge in [0.15, 0.2) is 5.82 Å². The van der Waals surface area contributed by atoms with Crippen LogP contribution in [-0.4, -0.2) is 37.0 Å². The highest BCUT2D eigenvalue weighted by Gasteiger charge is 2.20. The number of aryl methyl sites for hydroxylation is 1. The van der Waals surface area contributed by atoms with E-state index < -0.39 is 0 Å². The third kappa shape index (κ3) is 2.97. The SMILES string of the molecule is Cc1ccc2cnn(-c3ccnc(N[C@H]4CC[C@H](O)CC4)n3)c2c1. The van der Waals surface area contributed by atoms with Gasteiger partial charge < -0.3 is 10.4 Å². The summed E-state index contributed by atoms with van der Waals surface area (Å²) >= 11 is 0. The van der Waals surface area contributed by atoms with Crippen LogP contribution in [0, 0.1) is 6.92 Å². The normalized spacial score (nSPS) is 21.1. The average molecular weight is 323 g/mol. The van der Waals surface area contributed by atoms with Crippen LogP contribution in [0.5, 0.6) is 0 Å². The summed E-state index contributed by atoms with van der Waals surface area (Å²) < 4.78 is 1.85. The molecule has 0 bridgehead atoms. The number of aliphatic hydroxyl groups is 1. The lowest BCUT2D eigenvalue weighted by Gasteiger charge is -2.26. The van der Waals surface area contributed by atoms with Crippen molar-refractivity contribution in [3.8, 4) is 5.82 Å². The Bertz CT molecular complexity index is 851. The van der Waals surface area contributed by atoms with Gasteiger partial charge in [-0.3, -0.25) is 0 Å². The first kappa shape index (κ1) is 15.1. The Morgan fingerprint density at radius 1 is 1.17 bits per heavy atom. The van der Waals surface area contributed by atoms with E-state index in [4.69, 9.17) is 0 Å². The van der Waals surface area contributed by atoms with Crippen LogP contribution in [0.2, 0.25) is 0 Å². The fourth-order valence-electron chi connectivity index (χ4n) is 3.25. The largest absolute Gasteiger partial charge is 0.393 e. The average Bonchev–Trinajstić information content (AvgIpc) is 3.00. The number of hydrogen-bond acceptors (Lipinski definition) is 5. The van der Waals surface area contributed by atoms with Crippen molar-refractivity contribution in [3.05, 3.63) is 42.2 Å². The van der Waals surface area contributed by atoms with Gasteiger partial charge in [0.1, 0.15) is 0 Å². The van der Waals surface area contributed by atoms with Crippen LogP contribution >= 0.6 is 0 Å². The molecule has 4 rings (SSSR count). The van der Waals surface area contributed by atoms with Crippen molar-refractivity contribution >= 4 is 16.9 Å². The van der Waals surface area contributed by atoms with Crippen molar-refractivity contribution in [2.75, 3.05) is 5.32 Å². The molecule has 0 spiro atoms. The molecular weight excluding hydrogens is 302 g/mol. The van der Waals surface area contributed by atoms with Crippen LogP contribution in [0.4, 0.5) is 5.95 Å². The Labute approximate surface area is 140 Å². The maximum atomic E-state index is 9.61. The summed E-state index contributed by atoms with van der Waals surface area (Å²) in [6, 6.07) is 8.45. The molecule has 3 aromatic rings. The summed E-state index contributed by atoms with van der Waals surface area (Å²) in [5.74, 6) is 1.37. The molecule has 1 aromatic carbocycles. The maximum Gasteiger partial charge on any atom is 0.224 e. The number of anilines is 1. The van der Waals surface area contributed by atoms with Gasteiger partial charge >= 0.3 is 0 Å². The van der Waals surface area contributed by atoms with Crippen LogP contribution < -0.4 is 5.32 Å². The molecule has 1 aliphatic rings. The van der Waals surface area contributed by atoms with E-state index in [1.165, 1.54) is 5.56 Å². The number of benzene rings is 1. The highest BCUT2D eigenvalue weighted by molar-refractivity contribution is 5.80. The van der Waals surface area contributed by atoms with Gasteiger partial charge in [0.25, 0.3) is 0 Å². The molecule has 0 unspecified atom stereocenters. The molecule has 0 amide bonds. The monoisotopic (exact) mass is 323 g/mol. The second kappa shape index (κ2) is 6.20. The lowest BCUT2D eigenvalue weighted by Crippen LogP contribution is -2.29. The summed E-state index contributed by atoms with van der Waals surface area (Å²) in [6.45, 7) is 2.07. The number of aliphatic hydroxyl groups excluding tert-OH is 1. The third-order valence-electron chi connectivity index (χ3n) is 4.61. The molecule has 0 saturated heterocycles. The zero-order valence-corrected chi connectivity index (χ0v) is 13.7. The Morgan fingerprint density at radius 2 is 2.00 bits per heavy atom. The van der Waals surface area contributed by atoms with Crippen LogP contribution in [0.1, 0.15) is 31.2 Å². The van der Waals surface area contributed by atoms with Crippen LogP contribution in [0.15, 0.2) is 36.7 Å². The Morgan fingerprint density at radius 3 is 2.83 bits per heavy atom. The number of fused-ring (bicyclic) bond motifs is 1. The molecule has 24 heavy (non-hydrogen) atoms. The fourth-order valence-corrected chi connectivity index (χ4v) is 3.25. The number of nitrogens with zero attached hydrogens (tertiary/aromatic N) is 4. The number of hydrogen-bond donors (Lipinski definition) is 2. The molecule has 1 fully saturated rings. The van der Waals surface area contributed by atoms with Crippen molar-refractivity contribution in [2.24, 2.45) is 0 Å². The molecule has 6 heteroatoms. The molecule has 1 aliphatic carbocycles. The summed E-state index contributed by atoms with van der Waals surface area (Å²) in [7, 11) is 0. The number of rotatable bonds is 3. The van der Waals surface area contributed by atoms with Gasteiger partial charge in [-0.1, -0.05) is 12.1 Å². The molecule has 2 aromatic heterocycles. The highest BCUT2D eigenvalue weighted by Crippen LogP contribution is 2.22. The van der Waals surface area contributed by atoms with E-state index in [1.807, 2.05) is 16.9 Å². The van der Waals surface area contributed by atoms with E-state index in [2.05, 4.69) is 45.5 Å². The van der Waals surface area contributed by atoms with Crippen molar-refractivity contribution in [3.63, 3.8) is 0 Å². The first-order valence-corrected chi connectivity index (χ1v) is 8.41. The van der Waals surface area contributed by atoms with Crippen LogP contribution in [-0.2, 0) is 0 Å². The summed E-state index contributed by atoms with van der Waals surface area (Å²) in [5, 5.41) is 18.6. The minimum absolute atomic E-state index is 0.158. The number of aromatic nitrogens is 4. The Balaban J connectivity index is 1.61. The minimum Gasteiger partial charge on any atom is -0.393 e. The van der Waals surface area contributed by atoms with Crippen molar-refractivity contribution in [1.29, 1.82) is 0 Å². The van der Waals surface area contributed by atoms with Gasteiger partial charge in [0, 0.05) is 23.7 Å². The van der Waals surface area contributed by atoms with Gasteiger partial charge in [-0.25, -0.2) is 9.67 Å². The predicted molar refractivity (Wildman–Crippen MR) is 93.3 cm³/mol. The quantitative estimate of drug-likeness (QED) is 0.775. The van der Waals surface area contributed by atoms with Crippen molar-refractivity contribution in [1.82, 2.24) is 19.7 Å². The smallest absolute Gasteiger partial charge is 0.224 e. The second-order valence-electron chi connectivity index (χ2n) is 6.51. The zero-order valence-electron chi connectivity index (χ0n) is 13.7. The van der Waals surface area contributed by atoms with Gasteiger partial charge in [-0.05, 0) is 44.2 Å².